The minimum absolute atomic E-state index is 0.0411. The number of anilines is 1. The van der Waals surface area contributed by atoms with Crippen molar-refractivity contribution < 1.29 is 9.36 Å². The first-order chi connectivity index (χ1) is 8.65. The van der Waals surface area contributed by atoms with E-state index < -0.39 is 0 Å². The minimum atomic E-state index is -0.0411. The Morgan fingerprint density at radius 1 is 1.22 bits per heavy atom. The Morgan fingerprint density at radius 2 is 1.94 bits per heavy atom. The van der Waals surface area contributed by atoms with E-state index in [1.807, 2.05) is 12.1 Å². The molecule has 0 atom stereocenters. The van der Waals surface area contributed by atoms with Gasteiger partial charge in [0, 0.05) is 27.9 Å². The number of ketones is 1. The maximum atomic E-state index is 11.9. The Balaban J connectivity index is 2.14. The number of carbonyl (C=O) groups excluding carboxylic acids is 1. The van der Waals surface area contributed by atoms with E-state index in [1.54, 1.807) is 47.4 Å². The van der Waals surface area contributed by atoms with Crippen molar-refractivity contribution in [2.24, 2.45) is 0 Å². The van der Waals surface area contributed by atoms with Crippen molar-refractivity contribution in [2.45, 2.75) is 0 Å². The van der Waals surface area contributed by atoms with Crippen LogP contribution < -0.4 is 10.3 Å². The average Bonchev–Trinajstić information content (AvgIpc) is 2.38. The Bertz CT molecular complexity index is 591. The van der Waals surface area contributed by atoms with Gasteiger partial charge in [0.2, 0.25) is 0 Å². The summed E-state index contributed by atoms with van der Waals surface area (Å²) in [6, 6.07) is 10.8. The van der Waals surface area contributed by atoms with E-state index in [-0.39, 0.29) is 5.78 Å². The minimum Gasteiger partial charge on any atom is -0.398 e. The van der Waals surface area contributed by atoms with Crippen LogP contribution in [0.1, 0.15) is 10.4 Å². The number of nitrogen functional groups attached to an aromatic ring is 1. The summed E-state index contributed by atoms with van der Waals surface area (Å²) in [5.74, 6) is -0.0411. The first-order valence-corrected chi connectivity index (χ1v) is 6.19. The summed E-state index contributed by atoms with van der Waals surface area (Å²) in [6.45, 7) is 0. The molecule has 90 valence electrons. The van der Waals surface area contributed by atoms with Crippen LogP contribution in [0, 0.1) is 0 Å². The number of allylic oxidation sites excluding steroid dienone is 1. The summed E-state index contributed by atoms with van der Waals surface area (Å²) in [5, 5.41) is 0. The Labute approximate surface area is 114 Å². The van der Waals surface area contributed by atoms with E-state index in [9.17, 15) is 4.79 Å². The third-order valence-corrected chi connectivity index (χ3v) is 2.88. The van der Waals surface area contributed by atoms with Gasteiger partial charge in [-0.2, -0.15) is 4.57 Å². The molecule has 18 heavy (non-hydrogen) atoms. The molecule has 0 aliphatic heterocycles. The number of halogens is 1. The van der Waals surface area contributed by atoms with Crippen LogP contribution in [0.15, 0.2) is 59.3 Å². The molecule has 0 amide bonds. The molecule has 0 fully saturated rings. The SMILES string of the molecule is Nc1cc[n+](C=CC(=O)c2cccc(Br)c2)cc1. The predicted molar refractivity (Wildman–Crippen MR) is 74.9 cm³/mol. The fourth-order valence-corrected chi connectivity index (χ4v) is 1.84. The molecule has 0 aliphatic rings. The number of aromatic nitrogens is 1. The zero-order valence-electron chi connectivity index (χ0n) is 9.58. The van der Waals surface area contributed by atoms with Gasteiger partial charge in [0.1, 0.15) is 0 Å². The Hall–Kier alpha value is -1.94. The first kappa shape index (κ1) is 12.5. The molecule has 0 bridgehead atoms. The number of hydrogen-bond acceptors (Lipinski definition) is 2. The van der Waals surface area contributed by atoms with Gasteiger partial charge in [-0.3, -0.25) is 4.79 Å². The summed E-state index contributed by atoms with van der Waals surface area (Å²) in [4.78, 5) is 11.9. The lowest BCUT2D eigenvalue weighted by Gasteiger charge is -1.95. The number of rotatable bonds is 3. The van der Waals surface area contributed by atoms with Gasteiger partial charge in [-0.05, 0) is 12.1 Å². The zero-order chi connectivity index (χ0) is 13.0. The number of nitrogens with zero attached hydrogens (tertiary/aromatic N) is 1. The maximum Gasteiger partial charge on any atom is 0.191 e. The fourth-order valence-electron chi connectivity index (χ4n) is 1.44. The molecule has 0 radical (unpaired) electrons. The van der Waals surface area contributed by atoms with Crippen LogP contribution in [0.5, 0.6) is 0 Å². The van der Waals surface area contributed by atoms with E-state index >= 15 is 0 Å². The van der Waals surface area contributed by atoms with Crippen molar-refractivity contribution in [1.29, 1.82) is 0 Å². The van der Waals surface area contributed by atoms with Crippen molar-refractivity contribution in [3.05, 3.63) is 64.9 Å². The normalized spacial score (nSPS) is 10.7. The van der Waals surface area contributed by atoms with Gasteiger partial charge < -0.3 is 5.73 Å². The van der Waals surface area contributed by atoms with E-state index in [4.69, 9.17) is 5.73 Å². The third kappa shape index (κ3) is 3.28. The second-order valence-electron chi connectivity index (χ2n) is 3.77. The van der Waals surface area contributed by atoms with Crippen LogP contribution in [0.3, 0.4) is 0 Å². The molecule has 0 saturated heterocycles. The van der Waals surface area contributed by atoms with Crippen LogP contribution in [0.2, 0.25) is 0 Å². The van der Waals surface area contributed by atoms with Crippen molar-refractivity contribution in [1.82, 2.24) is 0 Å². The molecule has 1 heterocycles. The van der Waals surface area contributed by atoms with Gasteiger partial charge in [-0.15, -0.1) is 0 Å². The molecule has 2 rings (SSSR count). The van der Waals surface area contributed by atoms with Crippen LogP contribution in [-0.4, -0.2) is 5.78 Å². The number of benzene rings is 1. The molecule has 3 nitrogen and oxygen atoms in total. The summed E-state index contributed by atoms with van der Waals surface area (Å²) in [5.41, 5.74) is 6.92. The molecule has 2 N–H and O–H groups in total. The average molecular weight is 304 g/mol. The molecule has 2 aromatic rings. The van der Waals surface area contributed by atoms with Crippen LogP contribution in [-0.2, 0) is 0 Å². The first-order valence-electron chi connectivity index (χ1n) is 5.39. The third-order valence-electron chi connectivity index (χ3n) is 2.39. The standard InChI is InChI=1S/C14H11BrN2O/c15-12-3-1-2-11(10-12)14(18)6-9-17-7-4-13(16)5-8-17/h1-10,16H/p+1. The largest absolute Gasteiger partial charge is 0.398 e. The summed E-state index contributed by atoms with van der Waals surface area (Å²) in [6.07, 6.45) is 6.81. The molecule has 0 aliphatic carbocycles. The lowest BCUT2D eigenvalue weighted by atomic mass is 10.1. The maximum absolute atomic E-state index is 11.9. The van der Waals surface area contributed by atoms with E-state index in [2.05, 4.69) is 15.9 Å². The zero-order valence-corrected chi connectivity index (χ0v) is 11.2. The summed E-state index contributed by atoms with van der Waals surface area (Å²) >= 11 is 3.34. The number of hydrogen-bond donors (Lipinski definition) is 1. The number of carbonyl (C=O) groups is 1. The molecular formula is C14H12BrN2O+. The molecule has 1 aromatic carbocycles. The summed E-state index contributed by atoms with van der Waals surface area (Å²) in [7, 11) is 0. The van der Waals surface area contributed by atoms with Crippen molar-refractivity contribution in [2.75, 3.05) is 5.73 Å². The van der Waals surface area contributed by atoms with Crippen LogP contribution in [0.4, 0.5) is 5.69 Å². The Kier molecular flexibility index (Phi) is 3.89. The monoisotopic (exact) mass is 303 g/mol. The van der Waals surface area contributed by atoms with Crippen LogP contribution >= 0.6 is 15.9 Å². The second-order valence-corrected chi connectivity index (χ2v) is 4.68. The van der Waals surface area contributed by atoms with Crippen molar-refractivity contribution in [3.8, 4) is 0 Å². The quantitative estimate of drug-likeness (QED) is 0.538. The lowest BCUT2D eigenvalue weighted by molar-refractivity contribution is -0.568. The van der Waals surface area contributed by atoms with E-state index in [0.29, 0.717) is 11.3 Å². The van der Waals surface area contributed by atoms with Gasteiger partial charge in [0.25, 0.3) is 0 Å². The second kappa shape index (κ2) is 5.60. The molecule has 4 heteroatoms. The molecule has 0 saturated carbocycles. The molecule has 0 spiro atoms. The van der Waals surface area contributed by atoms with Gasteiger partial charge in [0.05, 0.1) is 6.08 Å². The van der Waals surface area contributed by atoms with Gasteiger partial charge in [0.15, 0.2) is 24.4 Å². The fraction of sp³-hybridized carbons (Fsp3) is 0. The van der Waals surface area contributed by atoms with Gasteiger partial charge >= 0.3 is 0 Å². The van der Waals surface area contributed by atoms with Gasteiger partial charge in [-0.1, -0.05) is 28.1 Å². The highest BCUT2D eigenvalue weighted by Gasteiger charge is 2.03. The van der Waals surface area contributed by atoms with Crippen LogP contribution in [0.25, 0.3) is 6.20 Å². The molecular weight excluding hydrogens is 292 g/mol. The smallest absolute Gasteiger partial charge is 0.191 e. The highest BCUT2D eigenvalue weighted by atomic mass is 79.9. The van der Waals surface area contributed by atoms with Gasteiger partial charge in [-0.25, -0.2) is 0 Å². The summed E-state index contributed by atoms with van der Waals surface area (Å²) < 4.78 is 2.66. The van der Waals surface area contributed by atoms with E-state index in [1.165, 1.54) is 6.08 Å². The molecule has 1 aromatic heterocycles. The van der Waals surface area contributed by atoms with Crippen molar-refractivity contribution in [3.63, 3.8) is 0 Å². The Morgan fingerprint density at radius 3 is 2.61 bits per heavy atom. The molecule has 0 unspecified atom stereocenters. The highest BCUT2D eigenvalue weighted by molar-refractivity contribution is 9.10. The van der Waals surface area contributed by atoms with E-state index in [0.717, 1.165) is 4.47 Å². The topological polar surface area (TPSA) is 47.0 Å². The van der Waals surface area contributed by atoms with Crippen molar-refractivity contribution >= 4 is 33.6 Å². The lowest BCUT2D eigenvalue weighted by Crippen LogP contribution is -2.24. The predicted octanol–water partition coefficient (Wildman–Crippen LogP) is 2.67. The number of nitrogens with two attached hydrogens (primary N) is 1. The highest BCUT2D eigenvalue weighted by Crippen LogP contribution is 2.12. The number of pyridine rings is 1.